The molecule has 1 aromatic heterocycles. The summed E-state index contributed by atoms with van der Waals surface area (Å²) in [4.78, 5) is 21.1. The van der Waals surface area contributed by atoms with Crippen LogP contribution in [0.25, 0.3) is 10.8 Å². The van der Waals surface area contributed by atoms with Gasteiger partial charge in [0, 0.05) is 30.0 Å². The number of fused-ring (bicyclic) bond motifs is 2. The smallest absolute Gasteiger partial charge is 0.258 e. The van der Waals surface area contributed by atoms with E-state index in [1.807, 2.05) is 42.5 Å². The third kappa shape index (κ3) is 3.30. The number of anilines is 1. The van der Waals surface area contributed by atoms with Crippen LogP contribution in [-0.2, 0) is 13.0 Å². The van der Waals surface area contributed by atoms with Gasteiger partial charge in [-0.25, -0.2) is 4.98 Å². The highest BCUT2D eigenvalue weighted by molar-refractivity contribution is 7.15. The van der Waals surface area contributed by atoms with Gasteiger partial charge in [0.15, 0.2) is 5.13 Å². The zero-order valence-electron chi connectivity index (χ0n) is 14.3. The van der Waals surface area contributed by atoms with Crippen molar-refractivity contribution < 1.29 is 4.79 Å². The van der Waals surface area contributed by atoms with Gasteiger partial charge in [0.05, 0.1) is 5.69 Å². The molecule has 1 aliphatic rings. The van der Waals surface area contributed by atoms with E-state index in [-0.39, 0.29) is 5.91 Å². The van der Waals surface area contributed by atoms with Crippen LogP contribution < -0.4 is 5.32 Å². The fourth-order valence-corrected chi connectivity index (χ4v) is 4.44. The second-order valence-electron chi connectivity index (χ2n) is 6.40. The summed E-state index contributed by atoms with van der Waals surface area (Å²) in [5.41, 5.74) is 1.84. The second kappa shape index (κ2) is 6.94. The third-order valence-corrected chi connectivity index (χ3v) is 5.60. The van der Waals surface area contributed by atoms with Crippen LogP contribution in [0.1, 0.15) is 34.3 Å². The lowest BCUT2D eigenvalue weighted by Crippen LogP contribution is -2.30. The number of carbonyl (C=O) groups excluding carboxylic acids is 1. The number of hydrogen-bond acceptors (Lipinski definition) is 4. The number of nitrogens with zero attached hydrogens (tertiary/aromatic N) is 2. The van der Waals surface area contributed by atoms with Crippen LogP contribution in [0, 0.1) is 0 Å². The molecule has 1 aliphatic heterocycles. The molecule has 1 N–H and O–H groups in total. The Balaban J connectivity index is 1.56. The van der Waals surface area contributed by atoms with Gasteiger partial charge in [0.1, 0.15) is 0 Å². The first-order chi connectivity index (χ1) is 12.2. The molecule has 128 valence electrons. The fraction of sp³-hybridized carbons (Fsp3) is 0.300. The fourth-order valence-electron chi connectivity index (χ4n) is 3.40. The molecule has 1 amide bonds. The molecule has 0 atom stereocenters. The molecule has 0 bridgehead atoms. The summed E-state index contributed by atoms with van der Waals surface area (Å²) in [5.74, 6) is -0.0895. The maximum absolute atomic E-state index is 12.8. The number of aromatic nitrogens is 1. The molecule has 4 nitrogen and oxygen atoms in total. The zero-order chi connectivity index (χ0) is 17.2. The van der Waals surface area contributed by atoms with Crippen LogP contribution in [0.4, 0.5) is 5.13 Å². The number of carbonyl (C=O) groups is 1. The van der Waals surface area contributed by atoms with Crippen molar-refractivity contribution >= 4 is 33.1 Å². The molecule has 3 aromatic rings. The Labute approximate surface area is 151 Å². The standard InChI is InChI=1S/C20H21N3OS/c1-2-11-23-12-10-17-18(13-23)25-20(21-17)22-19(24)16-9-5-7-14-6-3-4-8-15(14)16/h3-9H,2,10-13H2,1H3,(H,21,22,24). The molecular formula is C20H21N3OS. The van der Waals surface area contributed by atoms with E-state index >= 15 is 0 Å². The molecule has 4 rings (SSSR count). The first-order valence-corrected chi connectivity index (χ1v) is 9.56. The summed E-state index contributed by atoms with van der Waals surface area (Å²) in [6.45, 7) is 5.33. The second-order valence-corrected chi connectivity index (χ2v) is 7.48. The highest BCUT2D eigenvalue weighted by atomic mass is 32.1. The van der Waals surface area contributed by atoms with Gasteiger partial charge in [-0.15, -0.1) is 11.3 Å². The van der Waals surface area contributed by atoms with Crippen molar-refractivity contribution in [2.45, 2.75) is 26.3 Å². The van der Waals surface area contributed by atoms with Crippen LogP contribution in [-0.4, -0.2) is 28.9 Å². The number of benzene rings is 2. The van der Waals surface area contributed by atoms with Gasteiger partial charge in [-0.1, -0.05) is 43.3 Å². The average Bonchev–Trinajstić information content (AvgIpc) is 3.03. The predicted octanol–water partition coefficient (Wildman–Crippen LogP) is 4.32. The monoisotopic (exact) mass is 351 g/mol. The van der Waals surface area contributed by atoms with Gasteiger partial charge < -0.3 is 0 Å². The van der Waals surface area contributed by atoms with Gasteiger partial charge in [-0.2, -0.15) is 0 Å². The van der Waals surface area contributed by atoms with Crippen LogP contribution in [0.3, 0.4) is 0 Å². The van der Waals surface area contributed by atoms with E-state index < -0.39 is 0 Å². The predicted molar refractivity (Wildman–Crippen MR) is 103 cm³/mol. The topological polar surface area (TPSA) is 45.2 Å². The maximum Gasteiger partial charge on any atom is 0.258 e. The Bertz CT molecular complexity index is 913. The Morgan fingerprint density at radius 1 is 1.24 bits per heavy atom. The number of thiazole rings is 1. The molecule has 2 heterocycles. The molecule has 0 unspecified atom stereocenters. The number of hydrogen-bond donors (Lipinski definition) is 1. The van der Waals surface area contributed by atoms with E-state index in [1.54, 1.807) is 11.3 Å². The van der Waals surface area contributed by atoms with Gasteiger partial charge in [0.2, 0.25) is 0 Å². The summed E-state index contributed by atoms with van der Waals surface area (Å²) in [6.07, 6.45) is 2.13. The molecule has 0 fully saturated rings. The quantitative estimate of drug-likeness (QED) is 0.761. The molecule has 0 saturated heterocycles. The van der Waals surface area contributed by atoms with Crippen LogP contribution in [0.2, 0.25) is 0 Å². The lowest BCUT2D eigenvalue weighted by Gasteiger charge is -2.24. The first-order valence-electron chi connectivity index (χ1n) is 8.74. The first kappa shape index (κ1) is 16.2. The summed E-state index contributed by atoms with van der Waals surface area (Å²) < 4.78 is 0. The molecule has 0 saturated carbocycles. The van der Waals surface area contributed by atoms with E-state index in [4.69, 9.17) is 0 Å². The minimum Gasteiger partial charge on any atom is -0.298 e. The average molecular weight is 351 g/mol. The molecular weight excluding hydrogens is 330 g/mol. The van der Waals surface area contributed by atoms with Gasteiger partial charge in [-0.05, 0) is 29.8 Å². The zero-order valence-corrected chi connectivity index (χ0v) is 15.1. The Morgan fingerprint density at radius 2 is 2.08 bits per heavy atom. The lowest BCUT2D eigenvalue weighted by atomic mass is 10.0. The summed E-state index contributed by atoms with van der Waals surface area (Å²) in [6, 6.07) is 13.8. The highest BCUT2D eigenvalue weighted by Crippen LogP contribution is 2.29. The summed E-state index contributed by atoms with van der Waals surface area (Å²) in [7, 11) is 0. The summed E-state index contributed by atoms with van der Waals surface area (Å²) >= 11 is 1.61. The van der Waals surface area contributed by atoms with Crippen molar-refractivity contribution in [3.05, 3.63) is 58.6 Å². The number of rotatable bonds is 4. The van der Waals surface area contributed by atoms with Crippen molar-refractivity contribution in [2.24, 2.45) is 0 Å². The maximum atomic E-state index is 12.8. The van der Waals surface area contributed by atoms with E-state index in [2.05, 4.69) is 22.1 Å². The SMILES string of the molecule is CCCN1CCc2nc(NC(=O)c3cccc4ccccc34)sc2C1. The van der Waals surface area contributed by atoms with E-state index in [1.165, 1.54) is 11.3 Å². The third-order valence-electron chi connectivity index (χ3n) is 4.60. The Kier molecular flexibility index (Phi) is 4.51. The highest BCUT2D eigenvalue weighted by Gasteiger charge is 2.21. The van der Waals surface area contributed by atoms with Crippen LogP contribution in [0.5, 0.6) is 0 Å². The molecule has 0 radical (unpaired) electrons. The van der Waals surface area contributed by atoms with E-state index in [0.717, 1.165) is 42.5 Å². The Morgan fingerprint density at radius 3 is 2.96 bits per heavy atom. The molecule has 5 heteroatoms. The van der Waals surface area contributed by atoms with Gasteiger partial charge in [-0.3, -0.25) is 15.0 Å². The lowest BCUT2D eigenvalue weighted by molar-refractivity contribution is 0.102. The number of nitrogens with one attached hydrogen (secondary N) is 1. The van der Waals surface area contributed by atoms with Crippen molar-refractivity contribution in [1.29, 1.82) is 0 Å². The minimum atomic E-state index is -0.0895. The van der Waals surface area contributed by atoms with Gasteiger partial charge in [0.25, 0.3) is 5.91 Å². The van der Waals surface area contributed by atoms with Crippen molar-refractivity contribution in [3.63, 3.8) is 0 Å². The van der Waals surface area contributed by atoms with E-state index in [9.17, 15) is 4.79 Å². The van der Waals surface area contributed by atoms with Crippen molar-refractivity contribution in [3.8, 4) is 0 Å². The van der Waals surface area contributed by atoms with Gasteiger partial charge >= 0.3 is 0 Å². The molecule has 2 aromatic carbocycles. The molecule has 0 spiro atoms. The molecule has 25 heavy (non-hydrogen) atoms. The van der Waals surface area contributed by atoms with Crippen molar-refractivity contribution in [2.75, 3.05) is 18.4 Å². The minimum absolute atomic E-state index is 0.0895. The number of amides is 1. The molecule has 0 aliphatic carbocycles. The largest absolute Gasteiger partial charge is 0.298 e. The Hall–Kier alpha value is -2.24. The van der Waals surface area contributed by atoms with E-state index in [0.29, 0.717) is 10.7 Å². The van der Waals surface area contributed by atoms with Crippen molar-refractivity contribution in [1.82, 2.24) is 9.88 Å². The summed E-state index contributed by atoms with van der Waals surface area (Å²) in [5, 5.41) is 5.76. The normalized spacial score (nSPS) is 14.4. The van der Waals surface area contributed by atoms with Crippen LogP contribution in [0.15, 0.2) is 42.5 Å². The van der Waals surface area contributed by atoms with Crippen LogP contribution >= 0.6 is 11.3 Å².